The zero-order valence-corrected chi connectivity index (χ0v) is 4.76. The minimum absolute atomic E-state index is 0.562. The Hall–Kier alpha value is -0.120. The van der Waals surface area contributed by atoms with E-state index in [0.29, 0.717) is 13.0 Å². The highest BCUT2D eigenvalue weighted by atomic mass is 16.6. The molecule has 0 aromatic rings. The van der Waals surface area contributed by atoms with Gasteiger partial charge in [-0.15, -0.1) is 0 Å². The molecule has 0 radical (unpaired) electrons. The fourth-order valence-electron chi connectivity index (χ4n) is 0.801. The zero-order chi connectivity index (χ0) is 6.04. The normalized spacial score (nSPS) is 39.8. The third kappa shape index (κ3) is 1.43. The molecule has 1 heterocycles. The predicted molar refractivity (Wildman–Crippen MR) is 28.9 cm³/mol. The molecule has 0 spiro atoms. The molecule has 1 aliphatic rings. The molecule has 0 aromatic carbocycles. The fourth-order valence-corrected chi connectivity index (χ4v) is 0.801. The van der Waals surface area contributed by atoms with Crippen LogP contribution in [0.1, 0.15) is 19.3 Å². The van der Waals surface area contributed by atoms with Crippen LogP contribution in [0.4, 0.5) is 0 Å². The summed E-state index contributed by atoms with van der Waals surface area (Å²) < 4.78 is 4.80. The van der Waals surface area contributed by atoms with E-state index < -0.39 is 5.91 Å². The second-order valence-electron chi connectivity index (χ2n) is 2.15. The maximum atomic E-state index is 8.93. The van der Waals surface area contributed by atoms with Gasteiger partial charge in [-0.05, 0) is 12.8 Å². The van der Waals surface area contributed by atoms with Crippen LogP contribution in [0.25, 0.3) is 0 Å². The van der Waals surface area contributed by atoms with Crippen molar-refractivity contribution in [1.29, 1.82) is 0 Å². The van der Waals surface area contributed by atoms with Crippen molar-refractivity contribution < 1.29 is 9.84 Å². The molecule has 0 saturated carbocycles. The molecular weight excluding hydrogens is 106 g/mol. The average Bonchev–Trinajstić information content (AvgIpc) is 1.65. The van der Waals surface area contributed by atoms with Crippen molar-refractivity contribution in [1.82, 2.24) is 0 Å². The number of nitrogens with two attached hydrogens (primary N) is 1. The Bertz CT molecular complexity index is 74.5. The van der Waals surface area contributed by atoms with E-state index in [2.05, 4.69) is 0 Å². The Morgan fingerprint density at radius 3 is 2.50 bits per heavy atom. The Kier molecular flexibility index (Phi) is 1.51. The van der Waals surface area contributed by atoms with Crippen LogP contribution in [-0.4, -0.2) is 17.6 Å². The maximum absolute atomic E-state index is 8.93. The monoisotopic (exact) mass is 117 g/mol. The van der Waals surface area contributed by atoms with E-state index in [4.69, 9.17) is 15.6 Å². The van der Waals surface area contributed by atoms with Gasteiger partial charge in [-0.25, -0.2) is 0 Å². The third-order valence-corrected chi connectivity index (χ3v) is 1.28. The highest BCUT2D eigenvalue weighted by Gasteiger charge is 2.24. The van der Waals surface area contributed by atoms with Crippen LogP contribution < -0.4 is 5.73 Å². The molecule has 1 aliphatic heterocycles. The minimum atomic E-state index is -1.32. The first-order chi connectivity index (χ1) is 3.71. The molecule has 1 saturated heterocycles. The second-order valence-corrected chi connectivity index (χ2v) is 2.15. The van der Waals surface area contributed by atoms with Gasteiger partial charge in [-0.3, -0.25) is 5.73 Å². The topological polar surface area (TPSA) is 55.5 Å². The molecule has 0 amide bonds. The molecule has 1 atom stereocenters. The van der Waals surface area contributed by atoms with Gasteiger partial charge in [-0.2, -0.15) is 0 Å². The average molecular weight is 117 g/mol. The van der Waals surface area contributed by atoms with Crippen LogP contribution in [0.15, 0.2) is 0 Å². The summed E-state index contributed by atoms with van der Waals surface area (Å²) in [5.74, 6) is -1.32. The van der Waals surface area contributed by atoms with Crippen molar-refractivity contribution in [3.8, 4) is 0 Å². The standard InChI is InChI=1S/C5H11NO2/c6-5(7)3-1-2-4-8-5/h7H,1-4,6H2. The molecule has 1 unspecified atom stereocenters. The van der Waals surface area contributed by atoms with Crippen molar-refractivity contribution in [2.24, 2.45) is 5.73 Å². The third-order valence-electron chi connectivity index (χ3n) is 1.28. The van der Waals surface area contributed by atoms with E-state index in [-0.39, 0.29) is 0 Å². The summed E-state index contributed by atoms with van der Waals surface area (Å²) in [7, 11) is 0. The van der Waals surface area contributed by atoms with E-state index in [1.165, 1.54) is 0 Å². The number of rotatable bonds is 0. The maximum Gasteiger partial charge on any atom is 0.222 e. The van der Waals surface area contributed by atoms with Crippen molar-refractivity contribution in [3.05, 3.63) is 0 Å². The van der Waals surface area contributed by atoms with Gasteiger partial charge in [0.25, 0.3) is 0 Å². The lowest BCUT2D eigenvalue weighted by Gasteiger charge is -2.27. The lowest BCUT2D eigenvalue weighted by molar-refractivity contribution is -0.220. The van der Waals surface area contributed by atoms with Crippen molar-refractivity contribution in [2.45, 2.75) is 25.2 Å². The van der Waals surface area contributed by atoms with Crippen molar-refractivity contribution in [2.75, 3.05) is 6.61 Å². The van der Waals surface area contributed by atoms with Gasteiger partial charge in [-0.1, -0.05) is 0 Å². The molecule has 1 fully saturated rings. The predicted octanol–water partition coefficient (Wildman–Crippen LogP) is -0.208. The van der Waals surface area contributed by atoms with Gasteiger partial charge in [0.05, 0.1) is 6.61 Å². The van der Waals surface area contributed by atoms with E-state index >= 15 is 0 Å². The Morgan fingerprint density at radius 2 is 2.25 bits per heavy atom. The molecule has 3 nitrogen and oxygen atoms in total. The van der Waals surface area contributed by atoms with Gasteiger partial charge in [0.2, 0.25) is 5.91 Å². The summed E-state index contributed by atoms with van der Waals surface area (Å²) in [5, 5.41) is 8.93. The van der Waals surface area contributed by atoms with Crippen LogP contribution in [0, 0.1) is 0 Å². The zero-order valence-electron chi connectivity index (χ0n) is 4.76. The van der Waals surface area contributed by atoms with Gasteiger partial charge >= 0.3 is 0 Å². The number of hydrogen-bond acceptors (Lipinski definition) is 3. The lowest BCUT2D eigenvalue weighted by Crippen LogP contribution is -2.44. The highest BCUT2D eigenvalue weighted by molar-refractivity contribution is 4.62. The van der Waals surface area contributed by atoms with E-state index in [1.54, 1.807) is 0 Å². The molecule has 0 aromatic heterocycles. The van der Waals surface area contributed by atoms with Gasteiger partial charge < -0.3 is 9.84 Å². The summed E-state index contributed by atoms with van der Waals surface area (Å²) >= 11 is 0. The first kappa shape index (κ1) is 6.01. The summed E-state index contributed by atoms with van der Waals surface area (Å²) in [6.45, 7) is 0.590. The summed E-state index contributed by atoms with van der Waals surface area (Å²) in [6, 6.07) is 0. The van der Waals surface area contributed by atoms with E-state index in [9.17, 15) is 0 Å². The van der Waals surface area contributed by atoms with Crippen molar-refractivity contribution >= 4 is 0 Å². The molecule has 8 heavy (non-hydrogen) atoms. The Morgan fingerprint density at radius 1 is 1.50 bits per heavy atom. The van der Waals surface area contributed by atoms with Crippen LogP contribution in [0.2, 0.25) is 0 Å². The van der Waals surface area contributed by atoms with E-state index in [1.807, 2.05) is 0 Å². The Labute approximate surface area is 48.4 Å². The molecule has 3 heteroatoms. The molecule has 0 bridgehead atoms. The molecular formula is C5H11NO2. The van der Waals surface area contributed by atoms with Gasteiger partial charge in [0.15, 0.2) is 0 Å². The van der Waals surface area contributed by atoms with Crippen molar-refractivity contribution in [3.63, 3.8) is 0 Å². The molecule has 3 N–H and O–H groups in total. The molecule has 0 aliphatic carbocycles. The highest BCUT2D eigenvalue weighted by Crippen LogP contribution is 2.15. The Balaban J connectivity index is 2.33. The van der Waals surface area contributed by atoms with Crippen LogP contribution in [0.3, 0.4) is 0 Å². The molecule has 1 rings (SSSR count). The van der Waals surface area contributed by atoms with Crippen LogP contribution >= 0.6 is 0 Å². The summed E-state index contributed by atoms with van der Waals surface area (Å²) in [6.07, 6.45) is 2.54. The van der Waals surface area contributed by atoms with Crippen LogP contribution in [0.5, 0.6) is 0 Å². The number of ether oxygens (including phenoxy) is 1. The van der Waals surface area contributed by atoms with E-state index in [0.717, 1.165) is 12.8 Å². The lowest BCUT2D eigenvalue weighted by atomic mass is 10.1. The van der Waals surface area contributed by atoms with Crippen LogP contribution in [-0.2, 0) is 4.74 Å². The first-order valence-corrected chi connectivity index (χ1v) is 2.86. The second kappa shape index (κ2) is 2.01. The number of hydrogen-bond donors (Lipinski definition) is 2. The van der Waals surface area contributed by atoms with Gasteiger partial charge in [0, 0.05) is 6.42 Å². The molecule has 48 valence electrons. The SMILES string of the molecule is NC1(O)CCCCO1. The van der Waals surface area contributed by atoms with Gasteiger partial charge in [0.1, 0.15) is 0 Å². The number of aliphatic hydroxyl groups is 1. The fraction of sp³-hybridized carbons (Fsp3) is 1.00. The first-order valence-electron chi connectivity index (χ1n) is 2.86. The quantitative estimate of drug-likeness (QED) is 0.432. The minimum Gasteiger partial charge on any atom is -0.353 e. The summed E-state index contributed by atoms with van der Waals surface area (Å²) in [4.78, 5) is 0. The summed E-state index contributed by atoms with van der Waals surface area (Å²) in [5.41, 5.74) is 5.21. The largest absolute Gasteiger partial charge is 0.353 e. The smallest absolute Gasteiger partial charge is 0.222 e.